The lowest BCUT2D eigenvalue weighted by Crippen LogP contribution is -2.47. The van der Waals surface area contributed by atoms with Crippen LogP contribution in [0.1, 0.15) is 19.4 Å². The Labute approximate surface area is 114 Å². The van der Waals surface area contributed by atoms with Gasteiger partial charge in [-0.2, -0.15) is 0 Å². The van der Waals surface area contributed by atoms with Crippen molar-refractivity contribution < 1.29 is 9.90 Å². The summed E-state index contributed by atoms with van der Waals surface area (Å²) in [5.41, 5.74) is 7.57. The molecule has 19 heavy (non-hydrogen) atoms. The van der Waals surface area contributed by atoms with Gasteiger partial charge in [0.1, 0.15) is 0 Å². The molecule has 0 heterocycles. The van der Waals surface area contributed by atoms with Crippen LogP contribution >= 0.6 is 0 Å². The molecular weight excluding hydrogens is 242 g/mol. The van der Waals surface area contributed by atoms with Gasteiger partial charge in [0.15, 0.2) is 0 Å². The Morgan fingerprint density at radius 2 is 2.11 bits per heavy atom. The van der Waals surface area contributed by atoms with E-state index in [2.05, 4.69) is 5.32 Å². The number of anilines is 2. The Morgan fingerprint density at radius 1 is 1.47 bits per heavy atom. The second kappa shape index (κ2) is 6.04. The lowest BCUT2D eigenvalue weighted by Gasteiger charge is -2.33. The summed E-state index contributed by atoms with van der Waals surface area (Å²) in [6, 6.07) is 5.41. The summed E-state index contributed by atoms with van der Waals surface area (Å²) in [5.74, 6) is -0.127. The highest BCUT2D eigenvalue weighted by Gasteiger charge is 2.24. The number of rotatable bonds is 5. The van der Waals surface area contributed by atoms with E-state index in [9.17, 15) is 9.90 Å². The fourth-order valence-corrected chi connectivity index (χ4v) is 1.51. The molecule has 0 aromatic heterocycles. The number of hydrogen-bond donors (Lipinski definition) is 3. The van der Waals surface area contributed by atoms with Gasteiger partial charge in [0.2, 0.25) is 5.91 Å². The highest BCUT2D eigenvalue weighted by Crippen LogP contribution is 2.18. The maximum Gasteiger partial charge on any atom is 0.238 e. The molecular formula is C14H23N3O2. The van der Waals surface area contributed by atoms with Gasteiger partial charge in [-0.25, -0.2) is 0 Å². The van der Waals surface area contributed by atoms with Crippen molar-refractivity contribution in [2.45, 2.75) is 26.3 Å². The van der Waals surface area contributed by atoms with Gasteiger partial charge in [-0.1, -0.05) is 6.07 Å². The number of nitrogens with zero attached hydrogens (tertiary/aromatic N) is 1. The van der Waals surface area contributed by atoms with Crippen molar-refractivity contribution in [3.05, 3.63) is 23.8 Å². The lowest BCUT2D eigenvalue weighted by molar-refractivity contribution is -0.118. The minimum atomic E-state index is -0.428. The maximum absolute atomic E-state index is 12.0. The van der Waals surface area contributed by atoms with Crippen LogP contribution in [0.15, 0.2) is 18.2 Å². The number of aryl methyl sites for hydroxylation is 1. The molecule has 0 unspecified atom stereocenters. The highest BCUT2D eigenvalue weighted by molar-refractivity contribution is 5.93. The average Bonchev–Trinajstić information content (AvgIpc) is 2.33. The molecule has 1 aromatic rings. The standard InChI is InChI=1S/C14H23N3O2/c1-10-5-6-11(15)7-12(10)16-13(19)8-17(4)14(2,3)9-18/h5-7,18H,8-9,15H2,1-4H3,(H,16,19). The van der Waals surface area contributed by atoms with Gasteiger partial charge < -0.3 is 16.2 Å². The normalized spacial score (nSPS) is 11.7. The van der Waals surface area contributed by atoms with E-state index in [1.54, 1.807) is 12.1 Å². The molecule has 4 N–H and O–H groups in total. The molecule has 0 bridgehead atoms. The summed E-state index contributed by atoms with van der Waals surface area (Å²) < 4.78 is 0. The number of aliphatic hydroxyl groups is 1. The fraction of sp³-hybridized carbons (Fsp3) is 0.500. The van der Waals surface area contributed by atoms with Gasteiger partial charge in [-0.05, 0) is 45.5 Å². The molecule has 0 aliphatic carbocycles. The van der Waals surface area contributed by atoms with Gasteiger partial charge in [0, 0.05) is 16.9 Å². The first-order chi connectivity index (χ1) is 8.76. The first-order valence-corrected chi connectivity index (χ1v) is 6.24. The number of likely N-dealkylation sites (N-methyl/N-ethyl adjacent to an activating group) is 1. The van der Waals surface area contributed by atoms with Crippen LogP contribution in [0.2, 0.25) is 0 Å². The molecule has 1 amide bonds. The minimum absolute atomic E-state index is 0.00586. The van der Waals surface area contributed by atoms with Gasteiger partial charge in [-0.15, -0.1) is 0 Å². The van der Waals surface area contributed by atoms with E-state index in [1.807, 2.05) is 38.8 Å². The summed E-state index contributed by atoms with van der Waals surface area (Å²) in [6.07, 6.45) is 0. The SMILES string of the molecule is Cc1ccc(N)cc1NC(=O)CN(C)C(C)(C)CO. The summed E-state index contributed by atoms with van der Waals surface area (Å²) in [7, 11) is 1.81. The predicted octanol–water partition coefficient (Wildman–Crippen LogP) is 1.22. The van der Waals surface area contributed by atoms with E-state index < -0.39 is 5.54 Å². The highest BCUT2D eigenvalue weighted by atomic mass is 16.3. The molecule has 0 radical (unpaired) electrons. The maximum atomic E-state index is 12.0. The predicted molar refractivity (Wildman–Crippen MR) is 78.0 cm³/mol. The molecule has 5 heteroatoms. The van der Waals surface area contributed by atoms with Crippen LogP contribution in [0, 0.1) is 6.92 Å². The summed E-state index contributed by atoms with van der Waals surface area (Å²) in [6.45, 7) is 5.88. The molecule has 1 rings (SSSR count). The van der Waals surface area contributed by atoms with Crippen molar-refractivity contribution >= 4 is 17.3 Å². The molecule has 1 aromatic carbocycles. The molecule has 0 saturated heterocycles. The third kappa shape index (κ3) is 4.22. The second-order valence-electron chi connectivity index (χ2n) is 5.45. The first-order valence-electron chi connectivity index (χ1n) is 6.24. The van der Waals surface area contributed by atoms with Crippen molar-refractivity contribution in [2.24, 2.45) is 0 Å². The smallest absolute Gasteiger partial charge is 0.238 e. The topological polar surface area (TPSA) is 78.6 Å². The third-order valence-electron chi connectivity index (χ3n) is 3.34. The van der Waals surface area contributed by atoms with Crippen LogP contribution in [0.25, 0.3) is 0 Å². The molecule has 0 saturated carbocycles. The molecule has 106 valence electrons. The van der Waals surface area contributed by atoms with E-state index in [4.69, 9.17) is 5.73 Å². The van der Waals surface area contributed by atoms with E-state index in [1.165, 1.54) is 0 Å². The molecule has 0 atom stereocenters. The van der Waals surface area contributed by atoms with Crippen molar-refractivity contribution in [3.63, 3.8) is 0 Å². The van der Waals surface area contributed by atoms with Gasteiger partial charge in [0.05, 0.1) is 13.2 Å². The van der Waals surface area contributed by atoms with Gasteiger partial charge in [-0.3, -0.25) is 9.69 Å². The number of hydrogen-bond acceptors (Lipinski definition) is 4. The molecule has 5 nitrogen and oxygen atoms in total. The van der Waals surface area contributed by atoms with E-state index in [0.717, 1.165) is 11.3 Å². The van der Waals surface area contributed by atoms with Crippen LogP contribution in [0.3, 0.4) is 0 Å². The number of amides is 1. The Morgan fingerprint density at radius 3 is 2.68 bits per heavy atom. The van der Waals surface area contributed by atoms with Crippen LogP contribution in [0.4, 0.5) is 11.4 Å². The third-order valence-corrected chi connectivity index (χ3v) is 3.34. The van der Waals surface area contributed by atoms with Crippen LogP contribution in [-0.4, -0.2) is 41.7 Å². The monoisotopic (exact) mass is 265 g/mol. The number of carbonyl (C=O) groups excluding carboxylic acids is 1. The number of nitrogen functional groups attached to an aromatic ring is 1. The number of benzene rings is 1. The Hall–Kier alpha value is -1.59. The largest absolute Gasteiger partial charge is 0.399 e. The zero-order valence-corrected chi connectivity index (χ0v) is 12.0. The summed E-state index contributed by atoms with van der Waals surface area (Å²) >= 11 is 0. The summed E-state index contributed by atoms with van der Waals surface area (Å²) in [5, 5.41) is 12.1. The van der Waals surface area contributed by atoms with Crippen LogP contribution in [-0.2, 0) is 4.79 Å². The number of aliphatic hydroxyl groups excluding tert-OH is 1. The van der Waals surface area contributed by atoms with Crippen molar-refractivity contribution in [1.82, 2.24) is 4.90 Å². The zero-order valence-electron chi connectivity index (χ0n) is 12.0. The Bertz CT molecular complexity index is 458. The Kier molecular flexibility index (Phi) is 4.91. The zero-order chi connectivity index (χ0) is 14.6. The minimum Gasteiger partial charge on any atom is -0.399 e. The van der Waals surface area contributed by atoms with Crippen molar-refractivity contribution in [2.75, 3.05) is 31.2 Å². The second-order valence-corrected chi connectivity index (χ2v) is 5.45. The number of nitrogens with two attached hydrogens (primary N) is 1. The first kappa shape index (κ1) is 15.5. The average molecular weight is 265 g/mol. The summed E-state index contributed by atoms with van der Waals surface area (Å²) in [4.78, 5) is 13.8. The number of carbonyl (C=O) groups is 1. The molecule has 0 spiro atoms. The molecule has 0 fully saturated rings. The van der Waals surface area contributed by atoms with Crippen LogP contribution < -0.4 is 11.1 Å². The number of nitrogens with one attached hydrogen (secondary N) is 1. The van der Waals surface area contributed by atoms with E-state index in [-0.39, 0.29) is 19.1 Å². The quantitative estimate of drug-likeness (QED) is 0.699. The lowest BCUT2D eigenvalue weighted by atomic mass is 10.1. The fourth-order valence-electron chi connectivity index (χ4n) is 1.51. The Balaban J connectivity index is 2.68. The molecule has 0 aliphatic rings. The van der Waals surface area contributed by atoms with Crippen LogP contribution in [0.5, 0.6) is 0 Å². The van der Waals surface area contributed by atoms with Crippen molar-refractivity contribution in [1.29, 1.82) is 0 Å². The van der Waals surface area contributed by atoms with Gasteiger partial charge >= 0.3 is 0 Å². The van der Waals surface area contributed by atoms with Gasteiger partial charge in [0.25, 0.3) is 0 Å². The van der Waals surface area contributed by atoms with Crippen molar-refractivity contribution in [3.8, 4) is 0 Å². The van der Waals surface area contributed by atoms with E-state index >= 15 is 0 Å². The molecule has 0 aliphatic heterocycles. The van der Waals surface area contributed by atoms with E-state index in [0.29, 0.717) is 5.69 Å².